The van der Waals surface area contributed by atoms with Crippen molar-refractivity contribution in [2.75, 3.05) is 16.0 Å². The summed E-state index contributed by atoms with van der Waals surface area (Å²) in [6.45, 7) is 3.94. The number of aryl methyl sites for hydroxylation is 2. The van der Waals surface area contributed by atoms with Crippen LogP contribution in [0.1, 0.15) is 31.8 Å². The molecule has 1 aliphatic rings. The molecule has 1 N–H and O–H groups in total. The van der Waals surface area contributed by atoms with Gasteiger partial charge in [0.05, 0.1) is 32.1 Å². The number of carbonyl (C=O) groups is 3. The summed E-state index contributed by atoms with van der Waals surface area (Å²) in [7, 11) is 0. The van der Waals surface area contributed by atoms with Crippen LogP contribution in [0.5, 0.6) is 0 Å². The Labute approximate surface area is 213 Å². The molecule has 2 heterocycles. The molecule has 0 radical (unpaired) electrons. The number of thioether (sulfide) groups is 1. The number of anilines is 2. The highest BCUT2D eigenvalue weighted by Gasteiger charge is 2.41. The molecule has 9 nitrogen and oxygen atoms in total. The van der Waals surface area contributed by atoms with Gasteiger partial charge in [0.15, 0.2) is 4.34 Å². The molecule has 11 heteroatoms. The van der Waals surface area contributed by atoms with Crippen molar-refractivity contribution in [2.24, 2.45) is 0 Å². The molecule has 0 aliphatic carbocycles. The zero-order valence-electron chi connectivity index (χ0n) is 19.1. The Balaban J connectivity index is 1.33. The number of rotatable bonds is 6. The average Bonchev–Trinajstić information content (AvgIpc) is 3.34. The average molecular weight is 519 g/mol. The monoisotopic (exact) mass is 518 g/mol. The third-order valence-corrected chi connectivity index (χ3v) is 7.69. The van der Waals surface area contributed by atoms with Crippen molar-refractivity contribution in [1.29, 1.82) is 0 Å². The highest BCUT2D eigenvalue weighted by atomic mass is 32.2. The topological polar surface area (TPSA) is 123 Å². The molecule has 5 rings (SSSR count). The molecule has 36 heavy (non-hydrogen) atoms. The maximum absolute atomic E-state index is 13.0. The second kappa shape index (κ2) is 9.17. The van der Waals surface area contributed by atoms with E-state index in [1.54, 1.807) is 18.2 Å². The summed E-state index contributed by atoms with van der Waals surface area (Å²) in [4.78, 5) is 54.5. The summed E-state index contributed by atoms with van der Waals surface area (Å²) in [6.07, 6.45) is 0. The van der Waals surface area contributed by atoms with Gasteiger partial charge in [-0.3, -0.25) is 24.5 Å². The minimum atomic E-state index is -0.733. The first-order valence-corrected chi connectivity index (χ1v) is 12.6. The molecule has 0 saturated heterocycles. The predicted molar refractivity (Wildman–Crippen MR) is 139 cm³/mol. The molecule has 4 aromatic rings. The lowest BCUT2D eigenvalue weighted by Crippen LogP contribution is -2.29. The summed E-state index contributed by atoms with van der Waals surface area (Å²) in [5.74, 6) is -1.33. The van der Waals surface area contributed by atoms with E-state index in [2.05, 4.69) is 10.3 Å². The van der Waals surface area contributed by atoms with Crippen molar-refractivity contribution in [1.82, 2.24) is 4.98 Å². The smallest absolute Gasteiger partial charge is 0.283 e. The highest BCUT2D eigenvalue weighted by Crippen LogP contribution is 2.37. The van der Waals surface area contributed by atoms with Gasteiger partial charge in [-0.2, -0.15) is 0 Å². The third-order valence-electron chi connectivity index (χ3n) is 5.53. The Bertz CT molecular complexity index is 1580. The number of hydrogen-bond acceptors (Lipinski definition) is 8. The number of nitro groups is 1. The van der Waals surface area contributed by atoms with Crippen molar-refractivity contribution in [3.8, 4) is 0 Å². The minimum absolute atomic E-state index is 0.00432. The number of benzene rings is 3. The number of amides is 3. The minimum Gasteiger partial charge on any atom is -0.325 e. The van der Waals surface area contributed by atoms with Crippen LogP contribution < -0.4 is 10.2 Å². The lowest BCUT2D eigenvalue weighted by Gasteiger charge is -2.13. The number of imide groups is 1. The number of hydrogen-bond donors (Lipinski definition) is 1. The van der Waals surface area contributed by atoms with Crippen molar-refractivity contribution < 1.29 is 19.3 Å². The lowest BCUT2D eigenvalue weighted by atomic mass is 10.1. The number of nitrogens with zero attached hydrogens (tertiary/aromatic N) is 3. The molecule has 1 aromatic heterocycles. The van der Waals surface area contributed by atoms with E-state index in [9.17, 15) is 24.5 Å². The van der Waals surface area contributed by atoms with Gasteiger partial charge in [-0.1, -0.05) is 23.9 Å². The molecular formula is C25H18N4O5S2. The normalized spacial score (nSPS) is 12.8. The van der Waals surface area contributed by atoms with Crippen LogP contribution in [0.4, 0.5) is 17.1 Å². The molecule has 0 fully saturated rings. The molecule has 0 unspecified atom stereocenters. The predicted octanol–water partition coefficient (Wildman–Crippen LogP) is 5.35. The molecule has 3 amide bonds. The van der Waals surface area contributed by atoms with E-state index in [-0.39, 0.29) is 22.8 Å². The van der Waals surface area contributed by atoms with Gasteiger partial charge < -0.3 is 5.32 Å². The molecule has 0 bridgehead atoms. The molecule has 3 aromatic carbocycles. The fourth-order valence-corrected chi connectivity index (χ4v) is 6.02. The first kappa shape index (κ1) is 23.6. The number of carbonyl (C=O) groups excluding carboxylic acids is 3. The quantitative estimate of drug-likeness (QED) is 0.158. The zero-order chi connectivity index (χ0) is 25.6. The van der Waals surface area contributed by atoms with Gasteiger partial charge in [-0.25, -0.2) is 9.88 Å². The van der Waals surface area contributed by atoms with Crippen molar-refractivity contribution in [2.45, 2.75) is 18.2 Å². The van der Waals surface area contributed by atoms with Crippen molar-refractivity contribution >= 4 is 68.1 Å². The molecular weight excluding hydrogens is 500 g/mol. The van der Waals surface area contributed by atoms with E-state index < -0.39 is 22.4 Å². The van der Waals surface area contributed by atoms with Crippen molar-refractivity contribution in [3.05, 3.63) is 87.0 Å². The fourth-order valence-electron chi connectivity index (χ4n) is 4.12. The standard InChI is InChI=1S/C25H18N4O5S2/c1-13-8-14(2)10-15(9-13)26-21(30)12-35-25-27-18-7-6-16(11-20(18)36-25)28-23(31)17-4-3-5-19(29(33)34)22(17)24(28)32/h3-11H,12H2,1-2H3,(H,26,30). The number of nitro benzene ring substituents is 1. The molecule has 1 aliphatic heterocycles. The molecule has 0 spiro atoms. The lowest BCUT2D eigenvalue weighted by molar-refractivity contribution is -0.385. The summed E-state index contributed by atoms with van der Waals surface area (Å²) in [5.41, 5.74) is 3.23. The number of fused-ring (bicyclic) bond motifs is 2. The van der Waals surface area contributed by atoms with E-state index in [1.807, 2.05) is 32.0 Å². The molecule has 180 valence electrons. The summed E-state index contributed by atoms with van der Waals surface area (Å²) < 4.78 is 1.38. The Morgan fingerprint density at radius 2 is 1.83 bits per heavy atom. The van der Waals surface area contributed by atoms with Crippen LogP contribution in [0.2, 0.25) is 0 Å². The number of nitrogens with one attached hydrogen (secondary N) is 1. The Morgan fingerprint density at radius 3 is 2.56 bits per heavy atom. The highest BCUT2D eigenvalue weighted by molar-refractivity contribution is 8.01. The summed E-state index contributed by atoms with van der Waals surface area (Å²) in [5, 5.41) is 14.3. The molecule has 0 saturated carbocycles. The number of thiazole rings is 1. The third kappa shape index (κ3) is 4.34. The van der Waals surface area contributed by atoms with Crippen LogP contribution in [0.15, 0.2) is 58.9 Å². The van der Waals surface area contributed by atoms with E-state index in [4.69, 9.17) is 0 Å². The van der Waals surface area contributed by atoms with E-state index >= 15 is 0 Å². The van der Waals surface area contributed by atoms with Crippen LogP contribution >= 0.6 is 23.1 Å². The van der Waals surface area contributed by atoms with Gasteiger partial charge in [-0.15, -0.1) is 11.3 Å². The van der Waals surface area contributed by atoms with E-state index in [0.717, 1.165) is 26.4 Å². The largest absolute Gasteiger partial charge is 0.325 e. The Kier molecular flexibility index (Phi) is 6.02. The maximum Gasteiger partial charge on any atom is 0.283 e. The van der Waals surface area contributed by atoms with Crippen LogP contribution in [-0.4, -0.2) is 33.4 Å². The van der Waals surface area contributed by atoms with Crippen LogP contribution in [-0.2, 0) is 4.79 Å². The summed E-state index contributed by atoms with van der Waals surface area (Å²) in [6, 6.07) is 14.8. The second-order valence-electron chi connectivity index (χ2n) is 8.25. The fraction of sp³-hybridized carbons (Fsp3) is 0.120. The van der Waals surface area contributed by atoms with Gasteiger partial charge in [0, 0.05) is 11.8 Å². The second-order valence-corrected chi connectivity index (χ2v) is 10.5. The Morgan fingerprint density at radius 1 is 1.08 bits per heavy atom. The summed E-state index contributed by atoms with van der Waals surface area (Å²) >= 11 is 2.62. The number of aromatic nitrogens is 1. The van der Waals surface area contributed by atoms with Gasteiger partial charge >= 0.3 is 0 Å². The van der Waals surface area contributed by atoms with Crippen molar-refractivity contribution in [3.63, 3.8) is 0 Å². The maximum atomic E-state index is 13.0. The Hall–Kier alpha value is -4.09. The van der Waals surface area contributed by atoms with Gasteiger partial charge in [-0.05, 0) is 61.4 Å². The van der Waals surface area contributed by atoms with Crippen LogP contribution in [0, 0.1) is 24.0 Å². The zero-order valence-corrected chi connectivity index (χ0v) is 20.7. The van der Waals surface area contributed by atoms with E-state index in [1.165, 1.54) is 41.3 Å². The van der Waals surface area contributed by atoms with Gasteiger partial charge in [0.2, 0.25) is 5.91 Å². The first-order valence-electron chi connectivity index (χ1n) is 10.8. The first-order chi connectivity index (χ1) is 17.2. The van der Waals surface area contributed by atoms with Crippen LogP contribution in [0.25, 0.3) is 10.2 Å². The van der Waals surface area contributed by atoms with Gasteiger partial charge in [0.1, 0.15) is 5.56 Å². The SMILES string of the molecule is Cc1cc(C)cc(NC(=O)CSc2nc3ccc(N4C(=O)c5cccc([N+](=O)[O-])c5C4=O)cc3s2)c1. The molecule has 0 atom stereocenters. The van der Waals surface area contributed by atoms with E-state index in [0.29, 0.717) is 15.5 Å². The van der Waals surface area contributed by atoms with Crippen LogP contribution in [0.3, 0.4) is 0 Å². The van der Waals surface area contributed by atoms with Gasteiger partial charge in [0.25, 0.3) is 17.5 Å².